The van der Waals surface area contributed by atoms with Crippen molar-refractivity contribution in [2.24, 2.45) is 0 Å². The quantitative estimate of drug-likeness (QED) is 0.618. The maximum Gasteiger partial charge on any atom is 0.251 e. The lowest BCUT2D eigenvalue weighted by Crippen LogP contribution is -2.46. The summed E-state index contributed by atoms with van der Waals surface area (Å²) in [5.41, 5.74) is 0.456. The summed E-state index contributed by atoms with van der Waals surface area (Å²) >= 11 is 0. The molecule has 0 aromatic heterocycles. The van der Waals surface area contributed by atoms with Gasteiger partial charge in [0.1, 0.15) is 0 Å². The van der Waals surface area contributed by atoms with Gasteiger partial charge in [-0.15, -0.1) is 0 Å². The van der Waals surface area contributed by atoms with E-state index in [4.69, 9.17) is 4.74 Å². The molecule has 1 amide bonds. The summed E-state index contributed by atoms with van der Waals surface area (Å²) < 4.78 is 31.4. The van der Waals surface area contributed by atoms with Gasteiger partial charge in [-0.05, 0) is 50.6 Å². The summed E-state index contributed by atoms with van der Waals surface area (Å²) in [4.78, 5) is 12.4. The fraction of sp³-hybridized carbons (Fsp3) is 0.562. The Balaban J connectivity index is 1.96. The molecule has 2 unspecified atom stereocenters. The van der Waals surface area contributed by atoms with E-state index in [1.807, 2.05) is 0 Å². The molecule has 2 rings (SSSR count). The number of benzene rings is 1. The smallest absolute Gasteiger partial charge is 0.251 e. The predicted molar refractivity (Wildman–Crippen MR) is 91.5 cm³/mol. The molecule has 1 aliphatic rings. The van der Waals surface area contributed by atoms with E-state index in [1.165, 1.54) is 31.4 Å². The number of ether oxygens (including phenoxy) is 1. The van der Waals surface area contributed by atoms with Crippen LogP contribution < -0.4 is 15.4 Å². The van der Waals surface area contributed by atoms with Crippen LogP contribution in [0.1, 0.15) is 30.1 Å². The number of carbonyl (C=O) groups excluding carboxylic acids is 1. The zero-order valence-electron chi connectivity index (χ0n) is 14.0. The maximum absolute atomic E-state index is 12.3. The Morgan fingerprint density at radius 1 is 1.33 bits per heavy atom. The number of amides is 1. The highest BCUT2D eigenvalue weighted by molar-refractivity contribution is 7.89. The second-order valence-electron chi connectivity index (χ2n) is 5.96. The van der Waals surface area contributed by atoms with Crippen molar-refractivity contribution in [2.45, 2.75) is 36.7 Å². The molecule has 1 fully saturated rings. The molecule has 1 aromatic rings. The first-order chi connectivity index (χ1) is 11.4. The van der Waals surface area contributed by atoms with Gasteiger partial charge >= 0.3 is 0 Å². The van der Waals surface area contributed by atoms with Crippen molar-refractivity contribution in [2.75, 3.05) is 26.8 Å². The van der Waals surface area contributed by atoms with Crippen molar-refractivity contribution in [1.82, 2.24) is 15.4 Å². The molecule has 1 saturated heterocycles. The van der Waals surface area contributed by atoms with Crippen LogP contribution >= 0.6 is 0 Å². The van der Waals surface area contributed by atoms with E-state index in [-0.39, 0.29) is 23.4 Å². The topological polar surface area (TPSA) is 96.5 Å². The lowest BCUT2D eigenvalue weighted by Gasteiger charge is -2.28. The van der Waals surface area contributed by atoms with Gasteiger partial charge in [-0.25, -0.2) is 13.1 Å². The van der Waals surface area contributed by atoms with Gasteiger partial charge in [0.25, 0.3) is 5.91 Å². The lowest BCUT2D eigenvalue weighted by molar-refractivity contribution is 0.0925. The van der Waals surface area contributed by atoms with Crippen LogP contribution in [-0.4, -0.2) is 53.2 Å². The second-order valence-corrected chi connectivity index (χ2v) is 7.73. The van der Waals surface area contributed by atoms with Crippen molar-refractivity contribution in [3.05, 3.63) is 29.8 Å². The molecule has 0 aliphatic carbocycles. The minimum Gasteiger partial charge on any atom is -0.383 e. The Morgan fingerprint density at radius 2 is 2.04 bits per heavy atom. The third kappa shape index (κ3) is 5.27. The highest BCUT2D eigenvalue weighted by Crippen LogP contribution is 2.12. The fourth-order valence-electron chi connectivity index (χ4n) is 2.68. The van der Waals surface area contributed by atoms with Crippen LogP contribution in [-0.2, 0) is 14.8 Å². The molecule has 134 valence electrons. The minimum atomic E-state index is -3.58. The van der Waals surface area contributed by atoms with Crippen LogP contribution in [0.25, 0.3) is 0 Å². The average molecular weight is 355 g/mol. The Bertz CT molecular complexity index is 646. The molecular weight excluding hydrogens is 330 g/mol. The van der Waals surface area contributed by atoms with Crippen LogP contribution in [0.15, 0.2) is 29.2 Å². The standard InChI is InChI=1S/C16H25N3O4S/c1-12-11-14(7-8-17-12)19-16(20)13-3-5-15(6-4-13)24(21,22)18-9-10-23-2/h3-6,12,14,17-18H,7-11H2,1-2H3,(H,19,20). The molecule has 0 spiro atoms. The summed E-state index contributed by atoms with van der Waals surface area (Å²) in [7, 11) is -2.07. The number of sulfonamides is 1. The first-order valence-corrected chi connectivity index (χ1v) is 9.53. The molecule has 0 radical (unpaired) electrons. The third-order valence-electron chi connectivity index (χ3n) is 3.98. The van der Waals surface area contributed by atoms with Crippen LogP contribution in [0, 0.1) is 0 Å². The van der Waals surface area contributed by atoms with Gasteiger partial charge in [0.05, 0.1) is 11.5 Å². The van der Waals surface area contributed by atoms with E-state index in [2.05, 4.69) is 22.3 Å². The number of piperidine rings is 1. The van der Waals surface area contributed by atoms with Gasteiger partial charge in [0, 0.05) is 31.3 Å². The Hall–Kier alpha value is -1.48. The summed E-state index contributed by atoms with van der Waals surface area (Å²) in [5.74, 6) is -0.176. The van der Waals surface area contributed by atoms with Crippen molar-refractivity contribution in [3.8, 4) is 0 Å². The van der Waals surface area contributed by atoms with Gasteiger partial charge < -0.3 is 15.4 Å². The van der Waals surface area contributed by atoms with Gasteiger partial charge in [-0.2, -0.15) is 0 Å². The van der Waals surface area contributed by atoms with E-state index >= 15 is 0 Å². The van der Waals surface area contributed by atoms with Crippen molar-refractivity contribution in [3.63, 3.8) is 0 Å². The zero-order valence-corrected chi connectivity index (χ0v) is 14.9. The Kier molecular flexibility index (Phi) is 6.73. The van der Waals surface area contributed by atoms with Crippen LogP contribution in [0.4, 0.5) is 0 Å². The molecule has 1 aliphatic heterocycles. The van der Waals surface area contributed by atoms with Crippen LogP contribution in [0.2, 0.25) is 0 Å². The number of rotatable bonds is 7. The summed E-state index contributed by atoms with van der Waals surface area (Å²) in [6.07, 6.45) is 1.79. The molecule has 0 saturated carbocycles. The molecule has 1 aromatic carbocycles. The lowest BCUT2D eigenvalue weighted by atomic mass is 10.0. The number of carbonyl (C=O) groups is 1. The molecule has 8 heteroatoms. The molecular formula is C16H25N3O4S. The molecule has 1 heterocycles. The first kappa shape index (κ1) is 18.9. The second kappa shape index (κ2) is 8.57. The van der Waals surface area contributed by atoms with Gasteiger partial charge in [0.2, 0.25) is 10.0 Å². The van der Waals surface area contributed by atoms with Crippen molar-refractivity contribution >= 4 is 15.9 Å². The monoisotopic (exact) mass is 355 g/mol. The van der Waals surface area contributed by atoms with E-state index < -0.39 is 10.0 Å². The number of hydrogen-bond acceptors (Lipinski definition) is 5. The zero-order chi connectivity index (χ0) is 17.6. The van der Waals surface area contributed by atoms with Gasteiger partial charge in [-0.1, -0.05) is 0 Å². The van der Waals surface area contributed by atoms with E-state index in [9.17, 15) is 13.2 Å². The maximum atomic E-state index is 12.3. The Labute approximate surface area is 143 Å². The minimum absolute atomic E-state index is 0.130. The van der Waals surface area contributed by atoms with Crippen LogP contribution in [0.3, 0.4) is 0 Å². The highest BCUT2D eigenvalue weighted by Gasteiger charge is 2.21. The predicted octanol–water partition coefficient (Wildman–Crippen LogP) is 0.482. The Morgan fingerprint density at radius 3 is 2.67 bits per heavy atom. The van der Waals surface area contributed by atoms with Crippen molar-refractivity contribution in [1.29, 1.82) is 0 Å². The molecule has 0 bridgehead atoms. The van der Waals surface area contributed by atoms with Crippen molar-refractivity contribution < 1.29 is 17.9 Å². The van der Waals surface area contributed by atoms with E-state index in [1.54, 1.807) is 0 Å². The average Bonchev–Trinajstić information content (AvgIpc) is 2.55. The largest absolute Gasteiger partial charge is 0.383 e. The van der Waals surface area contributed by atoms with Gasteiger partial charge in [0.15, 0.2) is 0 Å². The summed E-state index contributed by atoms with van der Waals surface area (Å²) in [5, 5.41) is 6.34. The third-order valence-corrected chi connectivity index (χ3v) is 5.46. The highest BCUT2D eigenvalue weighted by atomic mass is 32.2. The summed E-state index contributed by atoms with van der Waals surface area (Å²) in [6.45, 7) is 3.48. The SMILES string of the molecule is COCCNS(=O)(=O)c1ccc(C(=O)NC2CCNC(C)C2)cc1. The molecule has 24 heavy (non-hydrogen) atoms. The summed E-state index contributed by atoms with van der Waals surface area (Å²) in [6, 6.07) is 6.47. The van der Waals surface area contributed by atoms with E-state index in [0.29, 0.717) is 18.2 Å². The fourth-order valence-corrected chi connectivity index (χ4v) is 3.69. The molecule has 7 nitrogen and oxygen atoms in total. The molecule has 2 atom stereocenters. The first-order valence-electron chi connectivity index (χ1n) is 8.05. The number of hydrogen-bond donors (Lipinski definition) is 3. The number of nitrogens with one attached hydrogen (secondary N) is 3. The van der Waals surface area contributed by atoms with Crippen LogP contribution in [0.5, 0.6) is 0 Å². The number of methoxy groups -OCH3 is 1. The van der Waals surface area contributed by atoms with Gasteiger partial charge in [-0.3, -0.25) is 4.79 Å². The normalized spacial score (nSPS) is 21.4. The molecule has 3 N–H and O–H groups in total. The van der Waals surface area contributed by atoms with E-state index in [0.717, 1.165) is 19.4 Å².